The van der Waals surface area contributed by atoms with E-state index in [-0.39, 0.29) is 12.5 Å². The molecule has 0 spiro atoms. The molecule has 116 valence electrons. The first-order valence-corrected chi connectivity index (χ1v) is 8.59. The third-order valence-electron chi connectivity index (χ3n) is 3.81. The Balaban J connectivity index is 1.58. The fourth-order valence-electron chi connectivity index (χ4n) is 2.37. The lowest BCUT2D eigenvalue weighted by Gasteiger charge is -2.30. The van der Waals surface area contributed by atoms with Gasteiger partial charge >= 0.3 is 0 Å². The first-order valence-electron chi connectivity index (χ1n) is 7.51. The van der Waals surface area contributed by atoms with Crippen molar-refractivity contribution < 1.29 is 9.53 Å². The summed E-state index contributed by atoms with van der Waals surface area (Å²) in [5, 5.41) is 2.92. The molecule has 2 rings (SSSR count). The third kappa shape index (κ3) is 6.22. The van der Waals surface area contributed by atoms with Crippen molar-refractivity contribution in [3.63, 3.8) is 0 Å². The Hall–Kier alpha value is -0.820. The molecule has 1 aromatic carbocycles. The molecule has 1 amide bonds. The SMILES string of the molecule is CC1CCN(CCNC(=O)COc2ccc(I)cc2)CC1. The van der Waals surface area contributed by atoms with Gasteiger partial charge in [-0.2, -0.15) is 0 Å². The largest absolute Gasteiger partial charge is 0.484 e. The van der Waals surface area contributed by atoms with Gasteiger partial charge in [0.2, 0.25) is 0 Å². The van der Waals surface area contributed by atoms with Crippen LogP contribution >= 0.6 is 22.6 Å². The second-order valence-electron chi connectivity index (χ2n) is 5.62. The summed E-state index contributed by atoms with van der Waals surface area (Å²) in [6, 6.07) is 7.68. The fourth-order valence-corrected chi connectivity index (χ4v) is 2.73. The lowest BCUT2D eigenvalue weighted by Crippen LogP contribution is -2.40. The van der Waals surface area contributed by atoms with E-state index in [9.17, 15) is 4.79 Å². The van der Waals surface area contributed by atoms with Crippen LogP contribution < -0.4 is 10.1 Å². The predicted octanol–water partition coefficient (Wildman–Crippen LogP) is 2.52. The zero-order chi connectivity index (χ0) is 15.1. The molecule has 0 aliphatic carbocycles. The second-order valence-corrected chi connectivity index (χ2v) is 6.86. The van der Waals surface area contributed by atoms with Gasteiger partial charge in [0.1, 0.15) is 5.75 Å². The number of carbonyl (C=O) groups excluding carboxylic acids is 1. The molecule has 0 saturated carbocycles. The van der Waals surface area contributed by atoms with Crippen LogP contribution in [0.25, 0.3) is 0 Å². The lowest BCUT2D eigenvalue weighted by atomic mass is 9.99. The van der Waals surface area contributed by atoms with Crippen LogP contribution in [-0.4, -0.2) is 43.6 Å². The number of benzene rings is 1. The van der Waals surface area contributed by atoms with Gasteiger partial charge in [0.05, 0.1) is 0 Å². The van der Waals surface area contributed by atoms with Crippen molar-refractivity contribution in [1.29, 1.82) is 0 Å². The number of nitrogens with one attached hydrogen (secondary N) is 1. The van der Waals surface area contributed by atoms with Gasteiger partial charge < -0.3 is 15.0 Å². The highest BCUT2D eigenvalue weighted by Gasteiger charge is 2.15. The molecular weight excluding hydrogens is 379 g/mol. The van der Waals surface area contributed by atoms with E-state index in [0.717, 1.165) is 34.9 Å². The molecule has 1 heterocycles. The van der Waals surface area contributed by atoms with E-state index in [0.29, 0.717) is 6.54 Å². The Kier molecular flexibility index (Phi) is 6.76. The number of halogens is 1. The fraction of sp³-hybridized carbons (Fsp3) is 0.562. The number of piperidine rings is 1. The molecule has 21 heavy (non-hydrogen) atoms. The van der Waals surface area contributed by atoms with Crippen LogP contribution in [0.4, 0.5) is 0 Å². The first kappa shape index (κ1) is 16.5. The minimum Gasteiger partial charge on any atom is -0.484 e. The van der Waals surface area contributed by atoms with E-state index in [1.807, 2.05) is 24.3 Å². The molecular formula is C16H23IN2O2. The number of nitrogens with zero attached hydrogens (tertiary/aromatic N) is 1. The number of amides is 1. The number of ether oxygens (including phenoxy) is 1. The Bertz CT molecular complexity index is 442. The van der Waals surface area contributed by atoms with Gasteiger partial charge in [-0.25, -0.2) is 0 Å². The van der Waals surface area contributed by atoms with Crippen molar-refractivity contribution >= 4 is 28.5 Å². The maximum Gasteiger partial charge on any atom is 0.257 e. The summed E-state index contributed by atoms with van der Waals surface area (Å²) in [7, 11) is 0. The Morgan fingerprint density at radius 1 is 1.33 bits per heavy atom. The quantitative estimate of drug-likeness (QED) is 0.744. The zero-order valence-corrected chi connectivity index (χ0v) is 14.6. The maximum absolute atomic E-state index is 11.7. The Labute approximate surface area is 140 Å². The number of rotatable bonds is 6. The number of carbonyl (C=O) groups is 1. The number of hydrogen-bond acceptors (Lipinski definition) is 3. The van der Waals surface area contributed by atoms with Crippen molar-refractivity contribution in [3.8, 4) is 5.75 Å². The normalized spacial score (nSPS) is 16.7. The van der Waals surface area contributed by atoms with Gasteiger partial charge in [-0.15, -0.1) is 0 Å². The van der Waals surface area contributed by atoms with Crippen LogP contribution in [0.5, 0.6) is 5.75 Å². The van der Waals surface area contributed by atoms with Crippen LogP contribution in [-0.2, 0) is 4.79 Å². The predicted molar refractivity (Wildman–Crippen MR) is 92.5 cm³/mol. The number of likely N-dealkylation sites (tertiary alicyclic amines) is 1. The van der Waals surface area contributed by atoms with Crippen molar-refractivity contribution in [1.82, 2.24) is 10.2 Å². The van der Waals surface area contributed by atoms with E-state index in [1.54, 1.807) is 0 Å². The molecule has 5 heteroatoms. The molecule has 1 saturated heterocycles. The van der Waals surface area contributed by atoms with Crippen molar-refractivity contribution in [3.05, 3.63) is 27.8 Å². The summed E-state index contributed by atoms with van der Waals surface area (Å²) in [6.07, 6.45) is 2.54. The van der Waals surface area contributed by atoms with E-state index in [1.165, 1.54) is 12.8 Å². The first-order chi connectivity index (χ1) is 10.1. The zero-order valence-electron chi connectivity index (χ0n) is 12.5. The van der Waals surface area contributed by atoms with E-state index >= 15 is 0 Å². The average Bonchev–Trinajstić information content (AvgIpc) is 2.49. The van der Waals surface area contributed by atoms with Gasteiger partial charge in [-0.1, -0.05) is 6.92 Å². The summed E-state index contributed by atoms with van der Waals surface area (Å²) in [4.78, 5) is 14.1. The molecule has 1 aliphatic heterocycles. The summed E-state index contributed by atoms with van der Waals surface area (Å²) in [6.45, 7) is 6.32. The smallest absolute Gasteiger partial charge is 0.257 e. The number of hydrogen-bond donors (Lipinski definition) is 1. The van der Waals surface area contributed by atoms with Crippen LogP contribution in [0.2, 0.25) is 0 Å². The van der Waals surface area contributed by atoms with E-state index in [4.69, 9.17) is 4.74 Å². The molecule has 0 unspecified atom stereocenters. The molecule has 0 bridgehead atoms. The molecule has 0 atom stereocenters. The molecule has 1 fully saturated rings. The van der Waals surface area contributed by atoms with Crippen molar-refractivity contribution in [2.24, 2.45) is 5.92 Å². The highest BCUT2D eigenvalue weighted by molar-refractivity contribution is 14.1. The lowest BCUT2D eigenvalue weighted by molar-refractivity contribution is -0.123. The summed E-state index contributed by atoms with van der Waals surface area (Å²) in [5.74, 6) is 1.52. The van der Waals surface area contributed by atoms with Crippen LogP contribution in [0.3, 0.4) is 0 Å². The topological polar surface area (TPSA) is 41.6 Å². The van der Waals surface area contributed by atoms with Gasteiger partial charge in [0, 0.05) is 16.7 Å². The van der Waals surface area contributed by atoms with Crippen LogP contribution in [0.1, 0.15) is 19.8 Å². The van der Waals surface area contributed by atoms with Gasteiger partial charge in [0.25, 0.3) is 5.91 Å². The molecule has 4 nitrogen and oxygen atoms in total. The monoisotopic (exact) mass is 402 g/mol. The van der Waals surface area contributed by atoms with Gasteiger partial charge in [-0.3, -0.25) is 4.79 Å². The maximum atomic E-state index is 11.7. The summed E-state index contributed by atoms with van der Waals surface area (Å²) in [5.41, 5.74) is 0. The van der Waals surface area contributed by atoms with Gasteiger partial charge in [0.15, 0.2) is 6.61 Å². The Morgan fingerprint density at radius 3 is 2.67 bits per heavy atom. The van der Waals surface area contributed by atoms with E-state index < -0.39 is 0 Å². The Morgan fingerprint density at radius 2 is 2.00 bits per heavy atom. The van der Waals surface area contributed by atoms with Crippen molar-refractivity contribution in [2.75, 3.05) is 32.8 Å². The molecule has 0 radical (unpaired) electrons. The van der Waals surface area contributed by atoms with Crippen molar-refractivity contribution in [2.45, 2.75) is 19.8 Å². The van der Waals surface area contributed by atoms with Crippen LogP contribution in [0.15, 0.2) is 24.3 Å². The summed E-state index contributed by atoms with van der Waals surface area (Å²) >= 11 is 2.24. The van der Waals surface area contributed by atoms with Gasteiger partial charge in [-0.05, 0) is 78.7 Å². The highest BCUT2D eigenvalue weighted by atomic mass is 127. The van der Waals surface area contributed by atoms with Crippen LogP contribution in [0, 0.1) is 9.49 Å². The minimum atomic E-state index is -0.0565. The minimum absolute atomic E-state index is 0.0565. The highest BCUT2D eigenvalue weighted by Crippen LogP contribution is 2.15. The standard InChI is InChI=1S/C16H23IN2O2/c1-13-6-9-19(10-7-13)11-8-18-16(20)12-21-15-4-2-14(17)3-5-15/h2-5,13H,6-12H2,1H3,(H,18,20). The molecule has 0 aromatic heterocycles. The molecule has 1 aromatic rings. The summed E-state index contributed by atoms with van der Waals surface area (Å²) < 4.78 is 6.60. The molecule has 1 aliphatic rings. The average molecular weight is 402 g/mol. The second kappa shape index (κ2) is 8.58. The molecule has 1 N–H and O–H groups in total. The van der Waals surface area contributed by atoms with E-state index in [2.05, 4.69) is 39.7 Å². The third-order valence-corrected chi connectivity index (χ3v) is 4.53.